The Morgan fingerprint density at radius 2 is 2.27 bits per heavy atom. The highest BCUT2D eigenvalue weighted by molar-refractivity contribution is 9.10. The molecule has 4 heteroatoms. The first kappa shape index (κ1) is 8.62. The molecule has 0 radical (unpaired) electrons. The van der Waals surface area contributed by atoms with Crippen molar-refractivity contribution in [3.05, 3.63) is 22.7 Å². The van der Waals surface area contributed by atoms with Crippen LogP contribution in [0.5, 0.6) is 0 Å². The predicted molar refractivity (Wildman–Crippen MR) is 47.4 cm³/mol. The zero-order valence-electron chi connectivity index (χ0n) is 6.34. The van der Waals surface area contributed by atoms with Crippen molar-refractivity contribution in [3.8, 4) is 0 Å². The second-order valence-corrected chi connectivity index (χ2v) is 3.00. The molecule has 1 heterocycles. The summed E-state index contributed by atoms with van der Waals surface area (Å²) in [5, 5.41) is 3.05. The predicted octanol–water partition coefficient (Wildman–Crippen LogP) is 1.00. The minimum absolute atomic E-state index is 0.783. The van der Waals surface area contributed by atoms with Crippen molar-refractivity contribution >= 4 is 15.9 Å². The van der Waals surface area contributed by atoms with Gasteiger partial charge in [0.05, 0.1) is 11.9 Å². The van der Waals surface area contributed by atoms with E-state index in [0.717, 1.165) is 23.3 Å². The van der Waals surface area contributed by atoms with Gasteiger partial charge in [0.1, 0.15) is 4.60 Å². The van der Waals surface area contributed by atoms with Crippen LogP contribution < -0.4 is 5.32 Å². The summed E-state index contributed by atoms with van der Waals surface area (Å²) in [5.41, 5.74) is 1.02. The zero-order chi connectivity index (χ0) is 8.10. The van der Waals surface area contributed by atoms with Gasteiger partial charge in [-0.2, -0.15) is 0 Å². The number of hydrogen-bond donors (Lipinski definition) is 1. The molecule has 0 fully saturated rings. The first-order valence-electron chi connectivity index (χ1n) is 3.44. The Bertz CT molecular complexity index is 209. The molecule has 0 aromatic carbocycles. The van der Waals surface area contributed by atoms with Crippen molar-refractivity contribution in [2.45, 2.75) is 6.42 Å². The zero-order valence-corrected chi connectivity index (χ0v) is 7.93. The van der Waals surface area contributed by atoms with Crippen LogP contribution in [-0.4, -0.2) is 23.6 Å². The van der Waals surface area contributed by atoms with Crippen LogP contribution in [0.25, 0.3) is 0 Å². The quantitative estimate of drug-likeness (QED) is 0.818. The van der Waals surface area contributed by atoms with Gasteiger partial charge in [0.15, 0.2) is 0 Å². The topological polar surface area (TPSA) is 37.8 Å². The first-order chi connectivity index (χ1) is 5.33. The van der Waals surface area contributed by atoms with Crippen molar-refractivity contribution < 1.29 is 0 Å². The number of rotatable bonds is 3. The van der Waals surface area contributed by atoms with Crippen molar-refractivity contribution in [1.82, 2.24) is 15.3 Å². The minimum Gasteiger partial charge on any atom is -0.319 e. The molecule has 0 atom stereocenters. The van der Waals surface area contributed by atoms with Gasteiger partial charge in [-0.1, -0.05) is 0 Å². The number of halogens is 1. The summed E-state index contributed by atoms with van der Waals surface area (Å²) in [6.45, 7) is 0.941. The number of aromatic nitrogens is 2. The minimum atomic E-state index is 0.783. The standard InChI is InChI=1S/C7H10BrN3/c1-9-3-2-6-4-11-7(8)5-10-6/h4-5,9H,2-3H2,1H3. The molecule has 0 spiro atoms. The molecule has 1 aromatic rings. The third-order valence-electron chi connectivity index (χ3n) is 1.30. The normalized spacial score (nSPS) is 10.0. The van der Waals surface area contributed by atoms with Crippen LogP contribution >= 0.6 is 15.9 Å². The molecular formula is C7H10BrN3. The molecular weight excluding hydrogens is 206 g/mol. The molecule has 1 aromatic heterocycles. The molecule has 11 heavy (non-hydrogen) atoms. The van der Waals surface area contributed by atoms with Crippen molar-refractivity contribution in [2.24, 2.45) is 0 Å². The summed E-state index contributed by atoms with van der Waals surface area (Å²) in [5.74, 6) is 0. The van der Waals surface area contributed by atoms with Crippen LogP contribution in [-0.2, 0) is 6.42 Å². The van der Waals surface area contributed by atoms with Gasteiger partial charge in [-0.05, 0) is 23.0 Å². The summed E-state index contributed by atoms with van der Waals surface area (Å²) in [7, 11) is 1.92. The Labute approximate surface area is 74.4 Å². The lowest BCUT2D eigenvalue weighted by Crippen LogP contribution is -2.11. The molecule has 0 amide bonds. The molecule has 0 saturated heterocycles. The Morgan fingerprint density at radius 3 is 2.82 bits per heavy atom. The summed E-state index contributed by atoms with van der Waals surface area (Å²) in [4.78, 5) is 8.22. The Hall–Kier alpha value is -0.480. The van der Waals surface area contributed by atoms with E-state index >= 15 is 0 Å². The Kier molecular flexibility index (Phi) is 3.45. The maximum atomic E-state index is 4.17. The van der Waals surface area contributed by atoms with Gasteiger partial charge in [0, 0.05) is 19.2 Å². The molecule has 3 nitrogen and oxygen atoms in total. The van der Waals surface area contributed by atoms with Crippen LogP contribution in [0.3, 0.4) is 0 Å². The lowest BCUT2D eigenvalue weighted by atomic mass is 10.3. The molecule has 0 bridgehead atoms. The fraction of sp³-hybridized carbons (Fsp3) is 0.429. The SMILES string of the molecule is CNCCc1cnc(Br)cn1. The summed E-state index contributed by atoms with van der Waals surface area (Å²) in [6.07, 6.45) is 4.42. The van der Waals surface area contributed by atoms with Crippen LogP contribution in [0.2, 0.25) is 0 Å². The summed E-state index contributed by atoms with van der Waals surface area (Å²) >= 11 is 3.22. The molecule has 0 saturated carbocycles. The van der Waals surface area contributed by atoms with E-state index in [0.29, 0.717) is 0 Å². The van der Waals surface area contributed by atoms with Gasteiger partial charge >= 0.3 is 0 Å². The van der Waals surface area contributed by atoms with E-state index in [-0.39, 0.29) is 0 Å². The van der Waals surface area contributed by atoms with Gasteiger partial charge in [-0.15, -0.1) is 0 Å². The Balaban J connectivity index is 2.52. The number of nitrogens with one attached hydrogen (secondary N) is 1. The molecule has 1 N–H and O–H groups in total. The molecule has 1 rings (SSSR count). The lowest BCUT2D eigenvalue weighted by Gasteiger charge is -1.97. The van der Waals surface area contributed by atoms with Crippen LogP contribution in [0.4, 0.5) is 0 Å². The van der Waals surface area contributed by atoms with Gasteiger partial charge in [0.2, 0.25) is 0 Å². The highest BCUT2D eigenvalue weighted by Gasteiger charge is 1.93. The number of nitrogens with zero attached hydrogens (tertiary/aromatic N) is 2. The number of hydrogen-bond acceptors (Lipinski definition) is 3. The van der Waals surface area contributed by atoms with E-state index in [9.17, 15) is 0 Å². The van der Waals surface area contributed by atoms with Crippen LogP contribution in [0.15, 0.2) is 17.0 Å². The van der Waals surface area contributed by atoms with Gasteiger partial charge in [-0.25, -0.2) is 4.98 Å². The third-order valence-corrected chi connectivity index (χ3v) is 1.71. The second-order valence-electron chi connectivity index (χ2n) is 2.18. The van der Waals surface area contributed by atoms with Crippen molar-refractivity contribution in [2.75, 3.05) is 13.6 Å². The van der Waals surface area contributed by atoms with E-state index in [4.69, 9.17) is 0 Å². The maximum absolute atomic E-state index is 4.17. The van der Waals surface area contributed by atoms with Crippen molar-refractivity contribution in [3.63, 3.8) is 0 Å². The highest BCUT2D eigenvalue weighted by Crippen LogP contribution is 2.02. The smallest absolute Gasteiger partial charge is 0.124 e. The molecule has 0 unspecified atom stereocenters. The van der Waals surface area contributed by atoms with E-state index in [2.05, 4.69) is 31.2 Å². The average Bonchev–Trinajstić information content (AvgIpc) is 2.04. The Morgan fingerprint density at radius 1 is 1.45 bits per heavy atom. The van der Waals surface area contributed by atoms with E-state index < -0.39 is 0 Å². The number of likely N-dealkylation sites (N-methyl/N-ethyl adjacent to an activating group) is 1. The monoisotopic (exact) mass is 215 g/mol. The highest BCUT2D eigenvalue weighted by atomic mass is 79.9. The third kappa shape index (κ3) is 2.95. The molecule has 0 aliphatic carbocycles. The van der Waals surface area contributed by atoms with Gasteiger partial charge in [-0.3, -0.25) is 4.98 Å². The molecule has 60 valence electrons. The summed E-state index contributed by atoms with van der Waals surface area (Å²) in [6, 6.07) is 0. The fourth-order valence-electron chi connectivity index (χ4n) is 0.721. The maximum Gasteiger partial charge on any atom is 0.124 e. The van der Waals surface area contributed by atoms with Gasteiger partial charge in [0.25, 0.3) is 0 Å². The molecule has 0 aliphatic heterocycles. The first-order valence-corrected chi connectivity index (χ1v) is 4.23. The van der Waals surface area contributed by atoms with Crippen LogP contribution in [0, 0.1) is 0 Å². The van der Waals surface area contributed by atoms with Gasteiger partial charge < -0.3 is 5.32 Å². The lowest BCUT2D eigenvalue weighted by molar-refractivity contribution is 0.771. The van der Waals surface area contributed by atoms with E-state index in [1.165, 1.54) is 0 Å². The largest absolute Gasteiger partial charge is 0.319 e. The fourth-order valence-corrected chi connectivity index (χ4v) is 0.926. The summed E-state index contributed by atoms with van der Waals surface area (Å²) < 4.78 is 0.783. The second kappa shape index (κ2) is 4.41. The van der Waals surface area contributed by atoms with Crippen molar-refractivity contribution in [1.29, 1.82) is 0 Å². The van der Waals surface area contributed by atoms with E-state index in [1.807, 2.05) is 7.05 Å². The van der Waals surface area contributed by atoms with Crippen LogP contribution in [0.1, 0.15) is 5.69 Å². The van der Waals surface area contributed by atoms with E-state index in [1.54, 1.807) is 12.4 Å². The molecule has 0 aliphatic rings. The average molecular weight is 216 g/mol.